The van der Waals surface area contributed by atoms with Crippen molar-refractivity contribution >= 4 is 23.2 Å². The molecule has 1 aliphatic heterocycles. The van der Waals surface area contributed by atoms with Crippen molar-refractivity contribution in [3.05, 3.63) is 52.5 Å². The molecule has 1 unspecified atom stereocenters. The van der Waals surface area contributed by atoms with Gasteiger partial charge >= 0.3 is 0 Å². The van der Waals surface area contributed by atoms with Crippen molar-refractivity contribution < 1.29 is 14.6 Å². The van der Waals surface area contributed by atoms with E-state index in [9.17, 15) is 9.90 Å². The van der Waals surface area contributed by atoms with Gasteiger partial charge in [-0.05, 0) is 42.3 Å². The van der Waals surface area contributed by atoms with E-state index in [1.165, 1.54) is 7.11 Å². The summed E-state index contributed by atoms with van der Waals surface area (Å²) in [6.45, 7) is 2.62. The van der Waals surface area contributed by atoms with E-state index in [-0.39, 0.29) is 17.8 Å². The van der Waals surface area contributed by atoms with Crippen molar-refractivity contribution in [3.8, 4) is 11.5 Å². The molecule has 3 rings (SSSR count). The number of anilines is 1. The van der Waals surface area contributed by atoms with Crippen LogP contribution in [0, 0.1) is 0 Å². The quantitative estimate of drug-likeness (QED) is 0.877. The average Bonchev–Trinajstić information content (AvgIpc) is 2.57. The molecule has 24 heavy (non-hydrogen) atoms. The number of benzene rings is 2. The van der Waals surface area contributed by atoms with Gasteiger partial charge in [-0.1, -0.05) is 24.6 Å². The summed E-state index contributed by atoms with van der Waals surface area (Å²) in [6.07, 6.45) is 0.454. The van der Waals surface area contributed by atoms with Crippen LogP contribution in [0.4, 0.5) is 5.69 Å². The van der Waals surface area contributed by atoms with Gasteiger partial charge in [0.1, 0.15) is 6.17 Å². The Kier molecular flexibility index (Phi) is 4.53. The number of rotatable bonds is 4. The number of nitrogens with zero attached hydrogens (tertiary/aromatic N) is 1. The zero-order valence-corrected chi connectivity index (χ0v) is 14.3. The number of amides is 1. The number of fused-ring (bicyclic) bond motifs is 1. The third-order valence-electron chi connectivity index (χ3n) is 4.06. The number of ether oxygens (including phenoxy) is 1. The first kappa shape index (κ1) is 16.5. The van der Waals surface area contributed by atoms with Crippen LogP contribution in [0.5, 0.6) is 11.5 Å². The fourth-order valence-electron chi connectivity index (χ4n) is 2.93. The average molecular weight is 347 g/mol. The zero-order chi connectivity index (χ0) is 17.3. The molecule has 1 heterocycles. The van der Waals surface area contributed by atoms with E-state index in [1.807, 2.05) is 13.0 Å². The third-order valence-corrected chi connectivity index (χ3v) is 4.30. The molecule has 1 aliphatic rings. The Labute approximate surface area is 145 Å². The van der Waals surface area contributed by atoms with Gasteiger partial charge in [0.05, 0.1) is 18.4 Å². The molecular weight excluding hydrogens is 328 g/mol. The van der Waals surface area contributed by atoms with Crippen molar-refractivity contribution in [3.63, 3.8) is 0 Å². The van der Waals surface area contributed by atoms with Crippen LogP contribution in [-0.2, 0) is 0 Å². The summed E-state index contributed by atoms with van der Waals surface area (Å²) in [5, 5.41) is 14.0. The molecule has 1 atom stereocenters. The predicted molar refractivity (Wildman–Crippen MR) is 93.8 cm³/mol. The van der Waals surface area contributed by atoms with E-state index in [4.69, 9.17) is 16.3 Å². The van der Waals surface area contributed by atoms with Gasteiger partial charge in [0.2, 0.25) is 0 Å². The van der Waals surface area contributed by atoms with Crippen LogP contribution in [-0.4, -0.2) is 29.6 Å². The van der Waals surface area contributed by atoms with Crippen LogP contribution in [0.15, 0.2) is 36.4 Å². The minimum absolute atomic E-state index is 0.0394. The molecule has 0 aromatic heterocycles. The number of hydrogen-bond donors (Lipinski definition) is 2. The molecule has 2 aromatic carbocycles. The van der Waals surface area contributed by atoms with Crippen LogP contribution >= 0.6 is 11.6 Å². The molecule has 2 aromatic rings. The van der Waals surface area contributed by atoms with Gasteiger partial charge in [-0.25, -0.2) is 0 Å². The van der Waals surface area contributed by atoms with E-state index in [0.717, 1.165) is 12.0 Å². The van der Waals surface area contributed by atoms with Gasteiger partial charge in [0, 0.05) is 11.6 Å². The standard InChI is InChI=1S/C18H19ClN2O3/c1-3-8-21-17(11-4-7-16(24-2)15(22)9-11)20-14-10-12(19)5-6-13(14)18(21)23/h4-7,9-10,17,20,22H,3,8H2,1-2H3. The lowest BCUT2D eigenvalue weighted by atomic mass is 10.0. The minimum Gasteiger partial charge on any atom is -0.504 e. The number of phenols is 1. The number of hydrogen-bond acceptors (Lipinski definition) is 4. The fourth-order valence-corrected chi connectivity index (χ4v) is 3.10. The molecule has 5 nitrogen and oxygen atoms in total. The first-order valence-electron chi connectivity index (χ1n) is 7.79. The highest BCUT2D eigenvalue weighted by molar-refractivity contribution is 6.31. The normalized spacial score (nSPS) is 16.5. The van der Waals surface area contributed by atoms with Crippen molar-refractivity contribution in [2.24, 2.45) is 0 Å². The molecule has 0 saturated heterocycles. The maximum absolute atomic E-state index is 12.9. The number of carbonyl (C=O) groups excluding carboxylic acids is 1. The number of phenolic OH excluding ortho intramolecular Hbond substituents is 1. The maximum Gasteiger partial charge on any atom is 0.257 e. The molecule has 0 fully saturated rings. The van der Waals surface area contributed by atoms with Crippen LogP contribution < -0.4 is 10.1 Å². The SMILES string of the molecule is CCCN1C(=O)c2ccc(Cl)cc2NC1c1ccc(OC)c(O)c1. The highest BCUT2D eigenvalue weighted by Crippen LogP contribution is 2.37. The molecule has 6 heteroatoms. The number of nitrogens with one attached hydrogen (secondary N) is 1. The molecular formula is C18H19ClN2O3. The lowest BCUT2D eigenvalue weighted by Gasteiger charge is -2.38. The first-order valence-corrected chi connectivity index (χ1v) is 8.17. The van der Waals surface area contributed by atoms with Gasteiger partial charge in [0.15, 0.2) is 11.5 Å². The Hall–Kier alpha value is -2.40. The summed E-state index contributed by atoms with van der Waals surface area (Å²) < 4.78 is 5.09. The molecule has 126 valence electrons. The monoisotopic (exact) mass is 346 g/mol. The summed E-state index contributed by atoms with van der Waals surface area (Å²) in [6, 6.07) is 10.3. The van der Waals surface area contributed by atoms with Gasteiger partial charge in [-0.2, -0.15) is 0 Å². The highest BCUT2D eigenvalue weighted by Gasteiger charge is 2.32. The fraction of sp³-hybridized carbons (Fsp3) is 0.278. The summed E-state index contributed by atoms with van der Waals surface area (Å²) in [5.74, 6) is 0.381. The smallest absolute Gasteiger partial charge is 0.257 e. The molecule has 1 amide bonds. The maximum atomic E-state index is 12.9. The van der Waals surface area contributed by atoms with Crippen LogP contribution in [0.25, 0.3) is 0 Å². The second-order valence-corrected chi connectivity index (χ2v) is 6.10. The number of aromatic hydroxyl groups is 1. The number of carbonyl (C=O) groups is 1. The first-order chi connectivity index (χ1) is 11.5. The lowest BCUT2D eigenvalue weighted by Crippen LogP contribution is -2.43. The Bertz CT molecular complexity index is 779. The Balaban J connectivity index is 2.04. The van der Waals surface area contributed by atoms with Crippen molar-refractivity contribution in [1.82, 2.24) is 4.90 Å². The van der Waals surface area contributed by atoms with Crippen LogP contribution in [0.1, 0.15) is 35.4 Å². The van der Waals surface area contributed by atoms with Gasteiger partial charge in [0.25, 0.3) is 5.91 Å². The molecule has 0 bridgehead atoms. The summed E-state index contributed by atoms with van der Waals surface area (Å²) in [5.41, 5.74) is 2.07. The molecule has 0 radical (unpaired) electrons. The Morgan fingerprint density at radius 3 is 2.75 bits per heavy atom. The summed E-state index contributed by atoms with van der Waals surface area (Å²) >= 11 is 6.06. The number of methoxy groups -OCH3 is 1. The van der Waals surface area contributed by atoms with E-state index >= 15 is 0 Å². The summed E-state index contributed by atoms with van der Waals surface area (Å²) in [4.78, 5) is 14.6. The Morgan fingerprint density at radius 2 is 2.08 bits per heavy atom. The highest BCUT2D eigenvalue weighted by atomic mass is 35.5. The van der Waals surface area contributed by atoms with E-state index in [0.29, 0.717) is 28.6 Å². The lowest BCUT2D eigenvalue weighted by molar-refractivity contribution is 0.0683. The van der Waals surface area contributed by atoms with E-state index in [1.54, 1.807) is 35.2 Å². The van der Waals surface area contributed by atoms with Gasteiger partial charge in [-0.15, -0.1) is 0 Å². The second-order valence-electron chi connectivity index (χ2n) is 5.67. The summed E-state index contributed by atoms with van der Waals surface area (Å²) in [7, 11) is 1.50. The number of halogens is 1. The van der Waals surface area contributed by atoms with E-state index in [2.05, 4.69) is 5.32 Å². The van der Waals surface area contributed by atoms with Crippen molar-refractivity contribution in [2.45, 2.75) is 19.5 Å². The van der Waals surface area contributed by atoms with Crippen molar-refractivity contribution in [2.75, 3.05) is 19.0 Å². The third kappa shape index (κ3) is 2.87. The van der Waals surface area contributed by atoms with Crippen LogP contribution in [0.3, 0.4) is 0 Å². The van der Waals surface area contributed by atoms with Crippen molar-refractivity contribution in [1.29, 1.82) is 0 Å². The molecule has 0 spiro atoms. The molecule has 0 saturated carbocycles. The molecule has 0 aliphatic carbocycles. The zero-order valence-electron chi connectivity index (χ0n) is 13.5. The van der Waals surface area contributed by atoms with Gasteiger partial charge in [-0.3, -0.25) is 4.79 Å². The van der Waals surface area contributed by atoms with E-state index < -0.39 is 0 Å². The largest absolute Gasteiger partial charge is 0.504 e. The topological polar surface area (TPSA) is 61.8 Å². The minimum atomic E-state index is -0.375. The Morgan fingerprint density at radius 1 is 1.29 bits per heavy atom. The molecule has 2 N–H and O–H groups in total. The predicted octanol–water partition coefficient (Wildman–Crippen LogP) is 4.03. The second kappa shape index (κ2) is 6.61. The van der Waals surface area contributed by atoms with Gasteiger partial charge < -0.3 is 20.1 Å². The van der Waals surface area contributed by atoms with Crippen LogP contribution in [0.2, 0.25) is 5.02 Å².